The van der Waals surface area contributed by atoms with Crippen LogP contribution in [0.25, 0.3) is 98.4 Å². The molecule has 4 aromatic heterocycles. The molecule has 11 aromatic rings. The van der Waals surface area contributed by atoms with Crippen molar-refractivity contribution in [3.05, 3.63) is 143 Å². The Morgan fingerprint density at radius 1 is 0.339 bits per heavy atom. The van der Waals surface area contributed by atoms with E-state index in [4.69, 9.17) is 0 Å². The predicted molar refractivity (Wildman–Crippen MR) is 261 cm³/mol. The predicted octanol–water partition coefficient (Wildman–Crippen LogP) is 16.8. The normalized spacial score (nSPS) is 13.6. The number of fused-ring (bicyclic) bond motifs is 14. The van der Waals surface area contributed by atoms with E-state index >= 15 is 8.78 Å². The summed E-state index contributed by atoms with van der Waals surface area (Å²) < 4.78 is 39.3. The van der Waals surface area contributed by atoms with Crippen LogP contribution in [0.2, 0.25) is 0 Å². The molecular formula is C58H54F2N2. The molecule has 11 rings (SSSR count). The zero-order chi connectivity index (χ0) is 43.7. The largest absolute Gasteiger partial charge is 0.307 e. The van der Waals surface area contributed by atoms with Crippen LogP contribution in [0.4, 0.5) is 8.78 Å². The fourth-order valence-corrected chi connectivity index (χ4v) is 10.5. The minimum atomic E-state index is -0.260. The summed E-state index contributed by atoms with van der Waals surface area (Å²) >= 11 is 0. The van der Waals surface area contributed by atoms with Gasteiger partial charge in [0.1, 0.15) is 11.6 Å². The lowest BCUT2D eigenvalue weighted by molar-refractivity contribution is 0.568. The van der Waals surface area contributed by atoms with Crippen molar-refractivity contribution in [2.75, 3.05) is 0 Å². The van der Waals surface area contributed by atoms with E-state index in [1.54, 1.807) is 12.1 Å². The SMILES string of the molecule is CC(C)(C)c1cc(-c2ccc(F)c3c4c5c6ccccc6n6c7c(-c8cc(C(C)(C)C)cc(C(C)(C)C)c8)ccc(F)c7c(c7c8ccccc8n(c23)c74)c56)cc(C(C)(C)C)c1. The molecule has 0 N–H and O–H groups in total. The van der Waals surface area contributed by atoms with Crippen LogP contribution >= 0.6 is 0 Å². The van der Waals surface area contributed by atoms with Gasteiger partial charge in [-0.25, -0.2) is 8.78 Å². The molecule has 2 nitrogen and oxygen atoms in total. The van der Waals surface area contributed by atoms with Gasteiger partial charge < -0.3 is 8.80 Å². The van der Waals surface area contributed by atoms with Crippen LogP contribution in [0.5, 0.6) is 0 Å². The molecule has 62 heavy (non-hydrogen) atoms. The molecule has 0 saturated heterocycles. The number of rotatable bonds is 2. The lowest BCUT2D eigenvalue weighted by Crippen LogP contribution is -2.16. The maximum atomic E-state index is 17.3. The summed E-state index contributed by atoms with van der Waals surface area (Å²) in [6.07, 6.45) is 0. The molecule has 0 radical (unpaired) electrons. The fraction of sp³-hybridized carbons (Fsp3) is 0.276. The topological polar surface area (TPSA) is 8.82 Å². The Morgan fingerprint density at radius 3 is 0.984 bits per heavy atom. The van der Waals surface area contributed by atoms with Gasteiger partial charge in [-0.3, -0.25) is 0 Å². The minimum absolute atomic E-state index is 0.103. The molecule has 0 aliphatic heterocycles. The van der Waals surface area contributed by atoms with Gasteiger partial charge in [0.25, 0.3) is 0 Å². The number of aromatic nitrogens is 2. The first kappa shape index (κ1) is 38.9. The highest BCUT2D eigenvalue weighted by Gasteiger charge is 2.33. The first-order chi connectivity index (χ1) is 29.1. The Hall–Kier alpha value is -6.00. The van der Waals surface area contributed by atoms with Crippen LogP contribution in [-0.2, 0) is 21.7 Å². The number of benzene rings is 7. The van der Waals surface area contributed by atoms with Crippen LogP contribution in [0.3, 0.4) is 0 Å². The van der Waals surface area contributed by atoms with Crippen molar-refractivity contribution in [1.82, 2.24) is 8.80 Å². The Morgan fingerprint density at radius 2 is 0.661 bits per heavy atom. The molecule has 0 fully saturated rings. The summed E-state index contributed by atoms with van der Waals surface area (Å²) in [6, 6.07) is 38.1. The summed E-state index contributed by atoms with van der Waals surface area (Å²) in [6.45, 7) is 27.1. The van der Waals surface area contributed by atoms with Gasteiger partial charge in [-0.15, -0.1) is 0 Å². The van der Waals surface area contributed by atoms with Gasteiger partial charge in [0.15, 0.2) is 0 Å². The summed E-state index contributed by atoms with van der Waals surface area (Å²) in [5, 5.41) is 6.93. The molecule has 0 bridgehead atoms. The maximum absolute atomic E-state index is 17.3. The van der Waals surface area contributed by atoms with Gasteiger partial charge in [0.05, 0.1) is 33.1 Å². The average Bonchev–Trinajstić information content (AvgIpc) is 3.94. The second-order valence-electron chi connectivity index (χ2n) is 22.1. The van der Waals surface area contributed by atoms with Gasteiger partial charge >= 0.3 is 0 Å². The molecule has 4 heteroatoms. The quantitative estimate of drug-likeness (QED) is 0.164. The van der Waals surface area contributed by atoms with Crippen molar-refractivity contribution in [3.63, 3.8) is 0 Å². The second-order valence-corrected chi connectivity index (χ2v) is 22.1. The summed E-state index contributed by atoms with van der Waals surface area (Å²) in [4.78, 5) is 0. The maximum Gasteiger partial charge on any atom is 0.133 e. The smallest absolute Gasteiger partial charge is 0.133 e. The molecular weight excluding hydrogens is 763 g/mol. The van der Waals surface area contributed by atoms with Gasteiger partial charge in [-0.05, 0) is 91.4 Å². The van der Waals surface area contributed by atoms with E-state index in [9.17, 15) is 0 Å². The molecule has 0 aliphatic carbocycles. The number of para-hydroxylation sites is 2. The Bertz CT molecular complexity index is 3370. The highest BCUT2D eigenvalue weighted by Crippen LogP contribution is 2.55. The van der Waals surface area contributed by atoms with Gasteiger partial charge in [0, 0.05) is 54.2 Å². The third-order valence-electron chi connectivity index (χ3n) is 13.9. The van der Waals surface area contributed by atoms with Crippen LogP contribution in [0, 0.1) is 11.6 Å². The minimum Gasteiger partial charge on any atom is -0.307 e. The van der Waals surface area contributed by atoms with Crippen LogP contribution in [-0.4, -0.2) is 8.80 Å². The Balaban J connectivity index is 1.40. The molecule has 0 unspecified atom stereocenters. The Labute approximate surface area is 362 Å². The van der Waals surface area contributed by atoms with Crippen molar-refractivity contribution in [2.45, 2.75) is 105 Å². The molecule has 310 valence electrons. The first-order valence-electron chi connectivity index (χ1n) is 22.2. The van der Waals surface area contributed by atoms with Gasteiger partial charge in [-0.2, -0.15) is 0 Å². The lowest BCUT2D eigenvalue weighted by Gasteiger charge is -2.26. The van der Waals surface area contributed by atoms with Crippen molar-refractivity contribution in [2.24, 2.45) is 0 Å². The third-order valence-corrected chi connectivity index (χ3v) is 13.9. The standard InChI is InChI=1S/C58H54F2N2/c1-55(2,3)33-25-31(26-34(29-33)56(4,5)6)37-21-23-41(59)47-49-45-40-18-14-16-20-44(40)62-52-38(32-27-35(57(7,8)9)30-36(28-32)58(10,11)12)22-24-42(60)48(52)50(54(45)62)46-39-17-13-15-19-43(39)61(51(37)47)53(46)49/h13-30H,1-12H3. The molecule has 0 spiro atoms. The first-order valence-corrected chi connectivity index (χ1v) is 22.2. The van der Waals surface area contributed by atoms with Gasteiger partial charge in [-0.1, -0.05) is 156 Å². The highest BCUT2D eigenvalue weighted by atomic mass is 19.1. The summed E-state index contributed by atoms with van der Waals surface area (Å²) in [5.41, 5.74) is 14.2. The molecule has 0 amide bonds. The Kier molecular flexibility index (Phi) is 7.74. The van der Waals surface area contributed by atoms with E-state index in [0.717, 1.165) is 87.7 Å². The van der Waals surface area contributed by atoms with Crippen molar-refractivity contribution in [3.8, 4) is 22.3 Å². The van der Waals surface area contributed by atoms with Crippen LogP contribution < -0.4 is 0 Å². The number of halogens is 2. The second kappa shape index (κ2) is 12.3. The third kappa shape index (κ3) is 5.25. The highest BCUT2D eigenvalue weighted by molar-refractivity contribution is 6.46. The van der Waals surface area contributed by atoms with Crippen molar-refractivity contribution in [1.29, 1.82) is 0 Å². The molecule has 0 aliphatic rings. The van der Waals surface area contributed by atoms with Crippen LogP contribution in [0.15, 0.2) is 109 Å². The molecule has 4 heterocycles. The van der Waals surface area contributed by atoms with E-state index in [1.807, 2.05) is 12.1 Å². The zero-order valence-electron chi connectivity index (χ0n) is 38.0. The van der Waals surface area contributed by atoms with E-state index in [0.29, 0.717) is 10.8 Å². The number of hydrogen-bond donors (Lipinski definition) is 0. The van der Waals surface area contributed by atoms with Crippen molar-refractivity contribution < 1.29 is 8.78 Å². The molecule has 0 atom stereocenters. The summed E-state index contributed by atoms with van der Waals surface area (Å²) in [7, 11) is 0. The fourth-order valence-electron chi connectivity index (χ4n) is 10.5. The molecule has 7 aromatic carbocycles. The average molecular weight is 817 g/mol. The lowest BCUT2D eigenvalue weighted by atomic mass is 9.78. The number of hydrogen-bond acceptors (Lipinski definition) is 0. The van der Waals surface area contributed by atoms with E-state index in [-0.39, 0.29) is 33.3 Å². The zero-order valence-corrected chi connectivity index (χ0v) is 38.0. The van der Waals surface area contributed by atoms with E-state index < -0.39 is 0 Å². The monoisotopic (exact) mass is 816 g/mol. The van der Waals surface area contributed by atoms with E-state index in [1.165, 1.54) is 22.3 Å². The molecule has 0 saturated carbocycles. The van der Waals surface area contributed by atoms with Gasteiger partial charge in [0.2, 0.25) is 0 Å². The number of nitrogens with zero attached hydrogens (tertiary/aromatic N) is 2. The van der Waals surface area contributed by atoms with E-state index in [2.05, 4.69) is 177 Å². The van der Waals surface area contributed by atoms with Crippen molar-refractivity contribution >= 4 is 76.2 Å². The van der Waals surface area contributed by atoms with Crippen LogP contribution in [0.1, 0.15) is 105 Å². The summed E-state index contributed by atoms with van der Waals surface area (Å²) in [5.74, 6) is -0.520.